The molecule has 0 saturated carbocycles. The zero-order chi connectivity index (χ0) is 17.2. The molecule has 4 aromatic rings. The number of H-pyrrole nitrogens is 2. The molecule has 6 nitrogen and oxygen atoms in total. The van der Waals surface area contributed by atoms with Crippen LogP contribution in [-0.4, -0.2) is 19.9 Å². The highest BCUT2D eigenvalue weighted by molar-refractivity contribution is 5.81. The van der Waals surface area contributed by atoms with E-state index in [1.165, 1.54) is 5.56 Å². The average molecular weight is 331 g/mol. The van der Waals surface area contributed by atoms with Gasteiger partial charge in [0.1, 0.15) is 0 Å². The van der Waals surface area contributed by atoms with Gasteiger partial charge >= 0.3 is 5.69 Å². The third-order valence-electron chi connectivity index (χ3n) is 4.15. The van der Waals surface area contributed by atoms with Gasteiger partial charge in [0.2, 0.25) is 5.95 Å². The Balaban J connectivity index is 1.55. The summed E-state index contributed by atoms with van der Waals surface area (Å²) >= 11 is 0. The number of anilines is 1. The minimum Gasteiger partial charge on any atom is -0.348 e. The van der Waals surface area contributed by atoms with E-state index in [2.05, 4.69) is 44.3 Å². The zero-order valence-electron chi connectivity index (χ0n) is 13.7. The summed E-state index contributed by atoms with van der Waals surface area (Å²) in [5.41, 5.74) is 4.36. The Morgan fingerprint density at radius 1 is 0.920 bits per heavy atom. The number of nitrogens with zero attached hydrogens (tertiary/aromatic N) is 2. The van der Waals surface area contributed by atoms with Crippen molar-refractivity contribution in [3.8, 4) is 11.1 Å². The summed E-state index contributed by atoms with van der Waals surface area (Å²) in [5.74, 6) is 0.580. The second-order valence-corrected chi connectivity index (χ2v) is 5.91. The lowest BCUT2D eigenvalue weighted by Gasteiger charge is -2.14. The van der Waals surface area contributed by atoms with Crippen molar-refractivity contribution in [2.45, 2.75) is 13.0 Å². The molecular formula is C19H17N5O. The molecule has 0 aliphatic heterocycles. The summed E-state index contributed by atoms with van der Waals surface area (Å²) in [7, 11) is 0. The van der Waals surface area contributed by atoms with Crippen molar-refractivity contribution in [3.63, 3.8) is 0 Å². The fourth-order valence-corrected chi connectivity index (χ4v) is 2.78. The molecule has 0 aliphatic rings. The molecule has 2 aromatic heterocycles. The van der Waals surface area contributed by atoms with E-state index in [4.69, 9.17) is 0 Å². The van der Waals surface area contributed by atoms with Crippen molar-refractivity contribution in [3.05, 3.63) is 77.0 Å². The standard InChI is InChI=1S/C19H17N5O/c1-12(13-5-3-2-4-6-13)22-18-20-10-15(11-21-18)14-7-8-16-17(9-14)24-19(25)23-16/h2-12H,1H3,(H,20,21,22)(H2,23,24,25). The molecule has 0 aliphatic carbocycles. The molecule has 0 amide bonds. The van der Waals surface area contributed by atoms with Crippen LogP contribution in [0.2, 0.25) is 0 Å². The van der Waals surface area contributed by atoms with Crippen molar-refractivity contribution in [2.75, 3.05) is 5.32 Å². The highest BCUT2D eigenvalue weighted by Crippen LogP contribution is 2.22. The van der Waals surface area contributed by atoms with E-state index in [0.717, 1.165) is 22.2 Å². The first kappa shape index (κ1) is 15.1. The summed E-state index contributed by atoms with van der Waals surface area (Å²) in [5, 5.41) is 3.30. The Labute approximate surface area is 144 Å². The van der Waals surface area contributed by atoms with Crippen molar-refractivity contribution < 1.29 is 0 Å². The highest BCUT2D eigenvalue weighted by atomic mass is 16.1. The first-order valence-corrected chi connectivity index (χ1v) is 8.05. The van der Waals surface area contributed by atoms with Gasteiger partial charge in [-0.3, -0.25) is 0 Å². The molecule has 0 radical (unpaired) electrons. The van der Waals surface area contributed by atoms with E-state index < -0.39 is 0 Å². The molecule has 4 rings (SSSR count). The minimum atomic E-state index is -0.210. The summed E-state index contributed by atoms with van der Waals surface area (Å²) < 4.78 is 0. The molecule has 25 heavy (non-hydrogen) atoms. The Bertz CT molecular complexity index is 1050. The maximum absolute atomic E-state index is 11.4. The topological polar surface area (TPSA) is 86.5 Å². The summed E-state index contributed by atoms with van der Waals surface area (Å²) in [6.07, 6.45) is 3.55. The van der Waals surface area contributed by atoms with Crippen LogP contribution in [0.15, 0.2) is 65.7 Å². The molecule has 1 unspecified atom stereocenters. The van der Waals surface area contributed by atoms with Gasteiger partial charge in [-0.05, 0) is 30.2 Å². The SMILES string of the molecule is CC(Nc1ncc(-c2ccc3[nH]c(=O)[nH]c3c2)cn1)c1ccccc1. The van der Waals surface area contributed by atoms with Crippen LogP contribution in [0.1, 0.15) is 18.5 Å². The molecule has 0 bridgehead atoms. The van der Waals surface area contributed by atoms with E-state index in [1.807, 2.05) is 36.4 Å². The first-order valence-electron chi connectivity index (χ1n) is 8.05. The number of hydrogen-bond donors (Lipinski definition) is 3. The number of rotatable bonds is 4. The van der Waals surface area contributed by atoms with Crippen LogP contribution in [0.3, 0.4) is 0 Å². The van der Waals surface area contributed by atoms with Crippen LogP contribution < -0.4 is 11.0 Å². The third kappa shape index (κ3) is 3.14. The lowest BCUT2D eigenvalue weighted by atomic mass is 10.1. The van der Waals surface area contributed by atoms with Crippen LogP contribution in [0.5, 0.6) is 0 Å². The summed E-state index contributed by atoms with van der Waals surface area (Å²) in [6, 6.07) is 16.0. The van der Waals surface area contributed by atoms with Gasteiger partial charge in [-0.2, -0.15) is 0 Å². The van der Waals surface area contributed by atoms with Crippen LogP contribution in [0.25, 0.3) is 22.2 Å². The van der Waals surface area contributed by atoms with Crippen molar-refractivity contribution in [2.24, 2.45) is 0 Å². The van der Waals surface area contributed by atoms with Crippen molar-refractivity contribution >= 4 is 17.0 Å². The molecule has 3 N–H and O–H groups in total. The minimum absolute atomic E-state index is 0.119. The molecule has 124 valence electrons. The normalized spacial score (nSPS) is 12.2. The molecule has 0 spiro atoms. The predicted octanol–water partition coefficient (Wildman–Crippen LogP) is 3.49. The quantitative estimate of drug-likeness (QED) is 0.534. The van der Waals surface area contributed by atoms with Gasteiger partial charge in [0.15, 0.2) is 0 Å². The molecule has 0 fully saturated rings. The number of hydrogen-bond acceptors (Lipinski definition) is 4. The molecule has 0 saturated heterocycles. The van der Waals surface area contributed by atoms with Gasteiger partial charge in [0.25, 0.3) is 0 Å². The number of aromatic amines is 2. The largest absolute Gasteiger partial charge is 0.348 e. The second-order valence-electron chi connectivity index (χ2n) is 5.91. The van der Waals surface area contributed by atoms with Gasteiger partial charge in [0, 0.05) is 18.0 Å². The number of nitrogens with one attached hydrogen (secondary N) is 3. The van der Waals surface area contributed by atoms with Gasteiger partial charge in [-0.1, -0.05) is 36.4 Å². The van der Waals surface area contributed by atoms with E-state index in [9.17, 15) is 4.79 Å². The second kappa shape index (κ2) is 6.24. The number of aromatic nitrogens is 4. The van der Waals surface area contributed by atoms with Gasteiger partial charge in [0.05, 0.1) is 17.1 Å². The molecule has 1 atom stereocenters. The van der Waals surface area contributed by atoms with E-state index in [1.54, 1.807) is 12.4 Å². The van der Waals surface area contributed by atoms with E-state index in [0.29, 0.717) is 5.95 Å². The van der Waals surface area contributed by atoms with Crippen molar-refractivity contribution in [1.82, 2.24) is 19.9 Å². The Kier molecular flexibility index (Phi) is 3.78. The zero-order valence-corrected chi connectivity index (χ0v) is 13.7. The first-order chi connectivity index (χ1) is 12.2. The van der Waals surface area contributed by atoms with E-state index >= 15 is 0 Å². The average Bonchev–Trinajstić information content (AvgIpc) is 3.02. The van der Waals surface area contributed by atoms with Gasteiger partial charge in [-0.15, -0.1) is 0 Å². The number of imidazole rings is 1. The van der Waals surface area contributed by atoms with Gasteiger partial charge < -0.3 is 15.3 Å². The summed E-state index contributed by atoms with van der Waals surface area (Å²) in [6.45, 7) is 2.07. The van der Waals surface area contributed by atoms with Gasteiger partial charge in [-0.25, -0.2) is 14.8 Å². The number of fused-ring (bicyclic) bond motifs is 1. The highest BCUT2D eigenvalue weighted by Gasteiger charge is 2.07. The Hall–Kier alpha value is -3.41. The molecule has 2 heterocycles. The molecule has 6 heteroatoms. The lowest BCUT2D eigenvalue weighted by Crippen LogP contribution is -2.09. The Morgan fingerprint density at radius 3 is 2.40 bits per heavy atom. The fraction of sp³-hybridized carbons (Fsp3) is 0.105. The van der Waals surface area contributed by atoms with Crippen LogP contribution >= 0.6 is 0 Å². The van der Waals surface area contributed by atoms with E-state index in [-0.39, 0.29) is 11.7 Å². The summed E-state index contributed by atoms with van der Waals surface area (Å²) in [4.78, 5) is 25.7. The molecular weight excluding hydrogens is 314 g/mol. The molecule has 2 aromatic carbocycles. The maximum Gasteiger partial charge on any atom is 0.323 e. The van der Waals surface area contributed by atoms with Crippen molar-refractivity contribution in [1.29, 1.82) is 0 Å². The fourth-order valence-electron chi connectivity index (χ4n) is 2.78. The predicted molar refractivity (Wildman–Crippen MR) is 98.4 cm³/mol. The third-order valence-corrected chi connectivity index (χ3v) is 4.15. The Morgan fingerprint density at radius 2 is 1.64 bits per heavy atom. The monoisotopic (exact) mass is 331 g/mol. The number of benzene rings is 2. The lowest BCUT2D eigenvalue weighted by molar-refractivity contribution is 0.861. The maximum atomic E-state index is 11.4. The van der Waals surface area contributed by atoms with Crippen LogP contribution in [-0.2, 0) is 0 Å². The van der Waals surface area contributed by atoms with Crippen LogP contribution in [0.4, 0.5) is 5.95 Å². The van der Waals surface area contributed by atoms with Crippen LogP contribution in [0, 0.1) is 0 Å². The smallest absolute Gasteiger partial charge is 0.323 e.